The Bertz CT molecular complexity index is 1040. The zero-order valence-electron chi connectivity index (χ0n) is 10.9. The van der Waals surface area contributed by atoms with Crippen LogP contribution in [-0.2, 0) is 4.74 Å². The summed E-state index contributed by atoms with van der Waals surface area (Å²) in [5, 5.41) is 0.562. The first-order chi connectivity index (χ1) is 10.6. The van der Waals surface area contributed by atoms with Crippen molar-refractivity contribution in [3.8, 4) is 0 Å². The number of cyclic esters (lactones) is 2. The molecule has 0 atom stereocenters. The molecule has 0 spiro atoms. The lowest BCUT2D eigenvalue weighted by Gasteiger charge is -2.03. The molecule has 4 rings (SSSR count). The highest BCUT2D eigenvalue weighted by molar-refractivity contribution is 6.20. The monoisotopic (exact) mass is 294 g/mol. The first-order valence-corrected chi connectivity index (χ1v) is 6.37. The molecule has 1 aliphatic rings. The second-order valence-electron chi connectivity index (χ2n) is 4.81. The van der Waals surface area contributed by atoms with Crippen molar-refractivity contribution in [3.63, 3.8) is 0 Å². The van der Waals surface area contributed by atoms with Crippen molar-refractivity contribution in [1.29, 1.82) is 0 Å². The summed E-state index contributed by atoms with van der Waals surface area (Å²) in [4.78, 5) is 48.6. The van der Waals surface area contributed by atoms with E-state index in [0.717, 1.165) is 0 Å². The molecule has 2 aromatic carbocycles. The predicted octanol–water partition coefficient (Wildman–Crippen LogP) is 1.62. The van der Waals surface area contributed by atoms with Gasteiger partial charge in [-0.15, -0.1) is 0 Å². The Morgan fingerprint density at radius 3 is 1.55 bits per heavy atom. The average Bonchev–Trinajstić information content (AvgIpc) is 2.61. The number of hydrogen-bond acceptors (Lipinski definition) is 6. The number of carbonyl (C=O) groups excluding carboxylic acids is 2. The summed E-state index contributed by atoms with van der Waals surface area (Å²) in [7, 11) is 0. The molecule has 3 aromatic rings. The smallest absolute Gasteiger partial charge is 0.347 e. The summed E-state index contributed by atoms with van der Waals surface area (Å²) in [6, 6.07) is 8.96. The van der Waals surface area contributed by atoms with Gasteiger partial charge in [0.25, 0.3) is 0 Å². The molecule has 1 aliphatic heterocycles. The Labute approximate surface area is 121 Å². The van der Waals surface area contributed by atoms with Crippen molar-refractivity contribution in [2.75, 3.05) is 0 Å². The fourth-order valence-electron chi connectivity index (χ4n) is 2.71. The zero-order valence-corrected chi connectivity index (χ0v) is 10.9. The third kappa shape index (κ3) is 1.49. The minimum atomic E-state index is -0.957. The molecule has 6 bridgehead atoms. The van der Waals surface area contributed by atoms with E-state index in [0.29, 0.717) is 10.8 Å². The van der Waals surface area contributed by atoms with E-state index in [1.807, 2.05) is 0 Å². The normalized spacial score (nSPS) is 13.5. The predicted molar refractivity (Wildman–Crippen MR) is 76.0 cm³/mol. The summed E-state index contributed by atoms with van der Waals surface area (Å²) < 4.78 is 9.55. The summed E-state index contributed by atoms with van der Waals surface area (Å²) in [5.41, 5.74) is -2.11. The molecule has 0 unspecified atom stereocenters. The Hall–Kier alpha value is -3.28. The lowest BCUT2D eigenvalue weighted by atomic mass is 10.0. The molecule has 1 aromatic heterocycles. The summed E-state index contributed by atoms with van der Waals surface area (Å²) in [6.45, 7) is 0. The number of ether oxygens (including phenoxy) is 1. The lowest BCUT2D eigenvalue weighted by Crippen LogP contribution is -2.18. The van der Waals surface area contributed by atoms with Crippen molar-refractivity contribution in [1.82, 2.24) is 0 Å². The van der Waals surface area contributed by atoms with Gasteiger partial charge in [-0.1, -0.05) is 24.3 Å². The maximum Gasteiger partial charge on any atom is 0.347 e. The van der Waals surface area contributed by atoms with Gasteiger partial charge in [0.05, 0.1) is 21.9 Å². The molecule has 0 saturated heterocycles. The standard InChI is InChI=1S/C16H6O6/c17-13-9-5-1-3-7-8-4-2-6-10(14(18)21-13)12(8)16(20)22-15(19)11(7)9/h1-6H. The number of hydrogen-bond donors (Lipinski definition) is 0. The third-order valence-electron chi connectivity index (χ3n) is 3.64. The van der Waals surface area contributed by atoms with Gasteiger partial charge in [-0.3, -0.25) is 0 Å². The van der Waals surface area contributed by atoms with E-state index in [-0.39, 0.29) is 21.9 Å². The number of carbonyl (C=O) groups is 2. The lowest BCUT2D eigenvalue weighted by molar-refractivity contribution is 0.0400. The van der Waals surface area contributed by atoms with Gasteiger partial charge in [0.1, 0.15) is 0 Å². The van der Waals surface area contributed by atoms with Gasteiger partial charge in [-0.2, -0.15) is 0 Å². The van der Waals surface area contributed by atoms with E-state index in [1.165, 1.54) is 12.1 Å². The van der Waals surface area contributed by atoms with E-state index in [2.05, 4.69) is 0 Å². The fraction of sp³-hybridized carbons (Fsp3) is 0. The maximum absolute atomic E-state index is 12.2. The highest BCUT2D eigenvalue weighted by Gasteiger charge is 2.25. The summed E-state index contributed by atoms with van der Waals surface area (Å²) in [5.74, 6) is -1.91. The van der Waals surface area contributed by atoms with Crippen LogP contribution in [0.25, 0.3) is 21.5 Å². The van der Waals surface area contributed by atoms with Crippen LogP contribution in [0.4, 0.5) is 0 Å². The second kappa shape index (κ2) is 4.11. The average molecular weight is 294 g/mol. The van der Waals surface area contributed by atoms with Crippen molar-refractivity contribution < 1.29 is 18.7 Å². The van der Waals surface area contributed by atoms with Gasteiger partial charge in [-0.25, -0.2) is 19.2 Å². The largest absolute Gasteiger partial charge is 0.386 e. The molecule has 22 heavy (non-hydrogen) atoms. The summed E-state index contributed by atoms with van der Waals surface area (Å²) in [6.07, 6.45) is 0. The molecule has 0 radical (unpaired) electrons. The molecule has 2 heterocycles. The quantitative estimate of drug-likeness (QED) is 0.462. The molecule has 0 amide bonds. The van der Waals surface area contributed by atoms with Crippen LogP contribution in [0.2, 0.25) is 0 Å². The number of rotatable bonds is 0. The molecule has 0 fully saturated rings. The summed E-state index contributed by atoms with van der Waals surface area (Å²) >= 11 is 0. The van der Waals surface area contributed by atoms with Crippen LogP contribution in [0.3, 0.4) is 0 Å². The van der Waals surface area contributed by atoms with Crippen LogP contribution >= 0.6 is 0 Å². The van der Waals surface area contributed by atoms with Crippen LogP contribution in [-0.4, -0.2) is 11.9 Å². The zero-order chi connectivity index (χ0) is 15.4. The Kier molecular flexibility index (Phi) is 2.33. The highest BCUT2D eigenvalue weighted by Crippen LogP contribution is 2.27. The highest BCUT2D eigenvalue weighted by atomic mass is 16.6. The van der Waals surface area contributed by atoms with Crippen LogP contribution in [0.1, 0.15) is 20.7 Å². The van der Waals surface area contributed by atoms with Gasteiger partial charge in [0.2, 0.25) is 0 Å². The fourth-order valence-corrected chi connectivity index (χ4v) is 2.71. The topological polar surface area (TPSA) is 90.7 Å². The van der Waals surface area contributed by atoms with Crippen molar-refractivity contribution in [3.05, 3.63) is 68.4 Å². The SMILES string of the molecule is O=C1OC(=O)c2cccc3c2c(=O)oc(=O)c2c1cccc23. The van der Waals surface area contributed by atoms with Gasteiger partial charge >= 0.3 is 23.2 Å². The van der Waals surface area contributed by atoms with Crippen molar-refractivity contribution >= 4 is 33.5 Å². The Morgan fingerprint density at radius 2 is 1.09 bits per heavy atom. The van der Waals surface area contributed by atoms with Crippen LogP contribution in [0.15, 0.2) is 50.4 Å². The number of esters is 2. The Balaban J connectivity index is 2.53. The van der Waals surface area contributed by atoms with Gasteiger partial charge in [0, 0.05) is 0 Å². The van der Waals surface area contributed by atoms with Gasteiger partial charge < -0.3 is 9.15 Å². The Morgan fingerprint density at radius 1 is 0.636 bits per heavy atom. The number of benzene rings is 2. The van der Waals surface area contributed by atoms with E-state index in [4.69, 9.17) is 9.15 Å². The van der Waals surface area contributed by atoms with Crippen molar-refractivity contribution in [2.45, 2.75) is 0 Å². The van der Waals surface area contributed by atoms with E-state index < -0.39 is 23.2 Å². The van der Waals surface area contributed by atoms with Crippen LogP contribution in [0, 0.1) is 0 Å². The van der Waals surface area contributed by atoms with E-state index >= 15 is 0 Å². The van der Waals surface area contributed by atoms with Crippen LogP contribution < -0.4 is 11.3 Å². The minimum absolute atomic E-state index is 0.0774. The molecule has 0 aliphatic carbocycles. The molecular formula is C16H6O6. The van der Waals surface area contributed by atoms with E-state index in [1.54, 1.807) is 24.3 Å². The first kappa shape index (κ1) is 12.5. The van der Waals surface area contributed by atoms with Gasteiger partial charge in [-0.05, 0) is 22.9 Å². The van der Waals surface area contributed by atoms with Crippen molar-refractivity contribution in [2.24, 2.45) is 0 Å². The van der Waals surface area contributed by atoms with Crippen LogP contribution in [0.5, 0.6) is 0 Å². The molecular weight excluding hydrogens is 288 g/mol. The third-order valence-corrected chi connectivity index (χ3v) is 3.64. The molecule has 6 nitrogen and oxygen atoms in total. The minimum Gasteiger partial charge on any atom is -0.386 e. The molecule has 106 valence electrons. The molecule has 0 saturated carbocycles. The van der Waals surface area contributed by atoms with Gasteiger partial charge in [0.15, 0.2) is 0 Å². The first-order valence-electron chi connectivity index (χ1n) is 6.37. The molecule has 0 N–H and O–H groups in total. The second-order valence-corrected chi connectivity index (χ2v) is 4.81. The maximum atomic E-state index is 12.2. The van der Waals surface area contributed by atoms with E-state index in [9.17, 15) is 19.2 Å². The molecule has 6 heteroatoms.